The number of rotatable bonds is 5. The van der Waals surface area contributed by atoms with Crippen molar-refractivity contribution in [3.63, 3.8) is 0 Å². The van der Waals surface area contributed by atoms with Gasteiger partial charge in [-0.15, -0.1) is 0 Å². The Hall–Kier alpha value is -1.13. The number of aliphatic hydroxyl groups excluding tert-OH is 1. The van der Waals surface area contributed by atoms with Crippen molar-refractivity contribution in [3.05, 3.63) is 23.4 Å². The van der Waals surface area contributed by atoms with Crippen molar-refractivity contribution >= 4 is 5.82 Å². The van der Waals surface area contributed by atoms with Crippen molar-refractivity contribution in [1.82, 2.24) is 4.98 Å². The van der Waals surface area contributed by atoms with Crippen molar-refractivity contribution in [2.75, 3.05) is 18.5 Å². The van der Waals surface area contributed by atoms with Gasteiger partial charge < -0.3 is 15.1 Å². The normalized spacial score (nSPS) is 17.7. The number of hydrogen-bond acceptors (Lipinski definition) is 4. The lowest BCUT2D eigenvalue weighted by molar-refractivity contribution is 0.0558. The number of nitrogens with zero attached hydrogens (tertiary/aromatic N) is 2. The Morgan fingerprint density at radius 2 is 2.00 bits per heavy atom. The first-order valence-electron chi connectivity index (χ1n) is 7.10. The van der Waals surface area contributed by atoms with Crippen molar-refractivity contribution in [2.45, 2.75) is 51.2 Å². The molecule has 0 bridgehead atoms. The zero-order valence-corrected chi connectivity index (χ0v) is 11.9. The number of aromatic nitrogens is 1. The molecule has 1 saturated carbocycles. The molecule has 1 heterocycles. The number of aliphatic hydroxyl groups is 2. The van der Waals surface area contributed by atoms with Crippen LogP contribution in [0.3, 0.4) is 0 Å². The first kappa shape index (κ1) is 14.3. The van der Waals surface area contributed by atoms with Crippen molar-refractivity contribution in [3.8, 4) is 0 Å². The number of hydrogen-bond donors (Lipinski definition) is 2. The second-order valence-corrected chi connectivity index (χ2v) is 5.62. The molecule has 1 aromatic heterocycles. The maximum absolute atomic E-state index is 10.5. The van der Waals surface area contributed by atoms with Gasteiger partial charge in [-0.3, -0.25) is 0 Å². The third-order valence-electron chi connectivity index (χ3n) is 3.93. The molecule has 0 unspecified atom stereocenters. The predicted molar refractivity (Wildman–Crippen MR) is 76.2 cm³/mol. The third-order valence-corrected chi connectivity index (χ3v) is 3.93. The molecule has 19 heavy (non-hydrogen) atoms. The molecular formula is C15H24N2O2. The van der Waals surface area contributed by atoms with Crippen molar-refractivity contribution in [2.24, 2.45) is 0 Å². The Kier molecular flexibility index (Phi) is 4.42. The van der Waals surface area contributed by atoms with Crippen LogP contribution in [0.1, 0.15) is 43.9 Å². The third kappa shape index (κ3) is 3.45. The molecule has 4 heteroatoms. The molecule has 0 aromatic carbocycles. The monoisotopic (exact) mass is 264 g/mol. The van der Waals surface area contributed by atoms with Gasteiger partial charge in [0.15, 0.2) is 0 Å². The van der Waals surface area contributed by atoms with Crippen molar-refractivity contribution < 1.29 is 10.2 Å². The highest BCUT2D eigenvalue weighted by molar-refractivity contribution is 5.42. The summed E-state index contributed by atoms with van der Waals surface area (Å²) >= 11 is 0. The van der Waals surface area contributed by atoms with E-state index in [2.05, 4.69) is 11.9 Å². The number of aryl methyl sites for hydroxylation is 1. The summed E-state index contributed by atoms with van der Waals surface area (Å²) in [5.74, 6) is 0.837. The molecule has 1 aromatic rings. The van der Waals surface area contributed by atoms with E-state index in [0.717, 1.165) is 49.2 Å². The molecule has 0 amide bonds. The summed E-state index contributed by atoms with van der Waals surface area (Å²) in [6.45, 7) is 2.69. The van der Waals surface area contributed by atoms with Crippen LogP contribution in [-0.4, -0.2) is 34.4 Å². The van der Waals surface area contributed by atoms with Gasteiger partial charge in [0, 0.05) is 19.3 Å². The minimum atomic E-state index is -0.571. The lowest BCUT2D eigenvalue weighted by Gasteiger charge is -2.29. The fraction of sp³-hybridized carbons (Fsp3) is 0.667. The molecule has 0 spiro atoms. The number of likely N-dealkylation sites (N-methyl/N-ethyl adjacent to an activating group) is 1. The fourth-order valence-corrected chi connectivity index (χ4v) is 2.81. The summed E-state index contributed by atoms with van der Waals surface area (Å²) in [5, 5.41) is 19.8. The van der Waals surface area contributed by atoms with Gasteiger partial charge in [-0.1, -0.05) is 19.8 Å². The molecule has 106 valence electrons. The van der Waals surface area contributed by atoms with Crippen LogP contribution in [0.4, 0.5) is 5.82 Å². The fourth-order valence-electron chi connectivity index (χ4n) is 2.81. The second kappa shape index (κ2) is 5.88. The first-order chi connectivity index (χ1) is 9.06. The summed E-state index contributed by atoms with van der Waals surface area (Å²) in [6, 6.07) is 3.83. The van der Waals surface area contributed by atoms with E-state index in [1.807, 2.05) is 24.1 Å². The summed E-state index contributed by atoms with van der Waals surface area (Å²) < 4.78 is 0. The van der Waals surface area contributed by atoms with E-state index >= 15 is 0 Å². The van der Waals surface area contributed by atoms with Crippen LogP contribution in [0.2, 0.25) is 0 Å². The van der Waals surface area contributed by atoms with Gasteiger partial charge >= 0.3 is 0 Å². The maximum Gasteiger partial charge on any atom is 0.128 e. The Labute approximate surface area is 115 Å². The van der Waals surface area contributed by atoms with Crippen LogP contribution < -0.4 is 4.90 Å². The van der Waals surface area contributed by atoms with Gasteiger partial charge in [-0.25, -0.2) is 4.98 Å². The Balaban J connectivity index is 2.15. The maximum atomic E-state index is 10.5. The zero-order chi connectivity index (χ0) is 13.9. The van der Waals surface area contributed by atoms with E-state index in [9.17, 15) is 10.2 Å². The molecule has 0 radical (unpaired) electrons. The molecule has 4 nitrogen and oxygen atoms in total. The van der Waals surface area contributed by atoms with E-state index < -0.39 is 5.60 Å². The van der Waals surface area contributed by atoms with Crippen molar-refractivity contribution in [1.29, 1.82) is 0 Å². The van der Waals surface area contributed by atoms with E-state index in [4.69, 9.17) is 0 Å². The molecule has 1 fully saturated rings. The lowest BCUT2D eigenvalue weighted by Crippen LogP contribution is -2.39. The first-order valence-corrected chi connectivity index (χ1v) is 7.10. The summed E-state index contributed by atoms with van der Waals surface area (Å²) in [5.41, 5.74) is 1.29. The summed E-state index contributed by atoms with van der Waals surface area (Å²) in [7, 11) is 1.96. The van der Waals surface area contributed by atoms with Gasteiger partial charge in [0.1, 0.15) is 5.82 Å². The van der Waals surface area contributed by atoms with Crippen LogP contribution in [0.5, 0.6) is 0 Å². The van der Waals surface area contributed by atoms with Crippen LogP contribution in [-0.2, 0) is 13.0 Å². The van der Waals surface area contributed by atoms with Gasteiger partial charge in [-0.2, -0.15) is 0 Å². The smallest absolute Gasteiger partial charge is 0.128 e. The number of anilines is 1. The molecule has 1 aliphatic rings. The SMILES string of the molecule is CCc1cc(CO)cc(N(C)CC2(O)CCCC2)n1. The molecule has 2 N–H and O–H groups in total. The Bertz CT molecular complexity index is 406. The van der Waals surface area contributed by atoms with E-state index in [-0.39, 0.29) is 6.61 Å². The Morgan fingerprint density at radius 1 is 1.32 bits per heavy atom. The van der Waals surface area contributed by atoms with Gasteiger partial charge in [-0.05, 0) is 37.0 Å². The van der Waals surface area contributed by atoms with Gasteiger partial charge in [0.2, 0.25) is 0 Å². The highest BCUT2D eigenvalue weighted by Gasteiger charge is 2.32. The summed E-state index contributed by atoms with van der Waals surface area (Å²) in [6.07, 6.45) is 4.80. The zero-order valence-electron chi connectivity index (χ0n) is 11.9. The highest BCUT2D eigenvalue weighted by Crippen LogP contribution is 2.31. The quantitative estimate of drug-likeness (QED) is 0.852. The van der Waals surface area contributed by atoms with E-state index in [1.54, 1.807) is 0 Å². The minimum Gasteiger partial charge on any atom is -0.392 e. The topological polar surface area (TPSA) is 56.6 Å². The van der Waals surface area contributed by atoms with Crippen LogP contribution >= 0.6 is 0 Å². The van der Waals surface area contributed by atoms with Gasteiger partial charge in [0.05, 0.1) is 12.2 Å². The van der Waals surface area contributed by atoms with Gasteiger partial charge in [0.25, 0.3) is 0 Å². The predicted octanol–water partition coefficient (Wildman–Crippen LogP) is 1.88. The average molecular weight is 264 g/mol. The lowest BCUT2D eigenvalue weighted by atomic mass is 10.0. The van der Waals surface area contributed by atoms with E-state index in [0.29, 0.717) is 6.54 Å². The number of pyridine rings is 1. The van der Waals surface area contributed by atoms with Crippen LogP contribution in [0, 0.1) is 0 Å². The van der Waals surface area contributed by atoms with E-state index in [1.165, 1.54) is 0 Å². The Morgan fingerprint density at radius 3 is 2.58 bits per heavy atom. The molecule has 2 rings (SSSR count). The minimum absolute atomic E-state index is 0.0284. The highest BCUT2D eigenvalue weighted by atomic mass is 16.3. The molecule has 0 saturated heterocycles. The summed E-state index contributed by atoms with van der Waals surface area (Å²) in [4.78, 5) is 6.58. The molecule has 0 atom stereocenters. The molecular weight excluding hydrogens is 240 g/mol. The van der Waals surface area contributed by atoms with Crippen LogP contribution in [0.25, 0.3) is 0 Å². The van der Waals surface area contributed by atoms with Crippen LogP contribution in [0.15, 0.2) is 12.1 Å². The molecule has 0 aliphatic heterocycles. The second-order valence-electron chi connectivity index (χ2n) is 5.62. The molecule has 1 aliphatic carbocycles. The standard InChI is InChI=1S/C15H24N2O2/c1-3-13-8-12(10-18)9-14(16-13)17(2)11-15(19)6-4-5-7-15/h8-9,18-19H,3-7,10-11H2,1-2H3. The largest absolute Gasteiger partial charge is 0.392 e. The average Bonchev–Trinajstić information content (AvgIpc) is 2.84.